The monoisotopic (exact) mass is 296 g/mol. The van der Waals surface area contributed by atoms with E-state index in [-0.39, 0.29) is 23.1 Å². The standard InChI is InChI=1S/C12H10F2N4O3/c13-12(14)21-9-3-1-7(2-4-9)16-11-6-8(18(19)20)5-10(15)17-11/h1-6,12H,(H3,15,16,17). The fourth-order valence-electron chi connectivity index (χ4n) is 1.57. The number of nitrogens with zero attached hydrogens (tertiary/aromatic N) is 2. The summed E-state index contributed by atoms with van der Waals surface area (Å²) in [4.78, 5) is 14.0. The van der Waals surface area contributed by atoms with Crippen LogP contribution in [0, 0.1) is 10.1 Å². The fraction of sp³-hybridized carbons (Fsp3) is 0.0833. The lowest BCUT2D eigenvalue weighted by Gasteiger charge is -2.08. The molecular weight excluding hydrogens is 286 g/mol. The Hall–Kier alpha value is -2.97. The van der Waals surface area contributed by atoms with E-state index in [1.807, 2.05) is 0 Å². The number of nitrogens with two attached hydrogens (primary N) is 1. The van der Waals surface area contributed by atoms with Gasteiger partial charge in [-0.3, -0.25) is 10.1 Å². The number of benzene rings is 1. The van der Waals surface area contributed by atoms with E-state index in [4.69, 9.17) is 5.73 Å². The van der Waals surface area contributed by atoms with Gasteiger partial charge < -0.3 is 15.8 Å². The number of alkyl halides is 2. The highest BCUT2D eigenvalue weighted by Crippen LogP contribution is 2.24. The van der Waals surface area contributed by atoms with Crippen LogP contribution in [0.15, 0.2) is 36.4 Å². The number of ether oxygens (including phenoxy) is 1. The van der Waals surface area contributed by atoms with Crippen LogP contribution in [-0.2, 0) is 0 Å². The first-order valence-corrected chi connectivity index (χ1v) is 5.68. The van der Waals surface area contributed by atoms with Crippen LogP contribution in [0.3, 0.4) is 0 Å². The molecule has 2 aromatic rings. The van der Waals surface area contributed by atoms with Crippen LogP contribution in [0.4, 0.5) is 31.8 Å². The van der Waals surface area contributed by atoms with Crippen LogP contribution < -0.4 is 15.8 Å². The third-order valence-corrected chi connectivity index (χ3v) is 2.39. The first-order valence-electron chi connectivity index (χ1n) is 5.68. The summed E-state index contributed by atoms with van der Waals surface area (Å²) < 4.78 is 28.2. The number of anilines is 3. The first-order chi connectivity index (χ1) is 9.94. The van der Waals surface area contributed by atoms with Crippen molar-refractivity contribution in [3.8, 4) is 5.75 Å². The van der Waals surface area contributed by atoms with Crippen LogP contribution in [0.1, 0.15) is 0 Å². The Bertz CT molecular complexity index is 649. The molecule has 1 heterocycles. The second-order valence-corrected chi connectivity index (χ2v) is 3.92. The highest BCUT2D eigenvalue weighted by Gasteiger charge is 2.10. The molecule has 0 bridgehead atoms. The van der Waals surface area contributed by atoms with Gasteiger partial charge in [-0.1, -0.05) is 0 Å². The van der Waals surface area contributed by atoms with E-state index in [2.05, 4.69) is 15.0 Å². The largest absolute Gasteiger partial charge is 0.435 e. The Morgan fingerprint density at radius 1 is 1.29 bits per heavy atom. The van der Waals surface area contributed by atoms with Gasteiger partial charge in [-0.15, -0.1) is 0 Å². The van der Waals surface area contributed by atoms with E-state index < -0.39 is 11.5 Å². The molecule has 0 aliphatic rings. The summed E-state index contributed by atoms with van der Waals surface area (Å²) in [7, 11) is 0. The van der Waals surface area contributed by atoms with Gasteiger partial charge in [-0.05, 0) is 24.3 Å². The number of pyridine rings is 1. The number of nitrogen functional groups attached to an aromatic ring is 1. The number of aromatic nitrogens is 1. The SMILES string of the molecule is Nc1cc([N+](=O)[O-])cc(Nc2ccc(OC(F)F)cc2)n1. The van der Waals surface area contributed by atoms with E-state index in [0.29, 0.717) is 5.69 Å². The van der Waals surface area contributed by atoms with Gasteiger partial charge in [-0.25, -0.2) is 4.98 Å². The molecule has 0 atom stereocenters. The van der Waals surface area contributed by atoms with Gasteiger partial charge in [0.05, 0.1) is 17.1 Å². The zero-order valence-corrected chi connectivity index (χ0v) is 10.5. The maximum atomic E-state index is 12.0. The summed E-state index contributed by atoms with van der Waals surface area (Å²) in [5.41, 5.74) is 5.75. The normalized spacial score (nSPS) is 10.4. The topological polar surface area (TPSA) is 103 Å². The van der Waals surface area contributed by atoms with Crippen molar-refractivity contribution in [1.82, 2.24) is 4.98 Å². The molecular formula is C12H10F2N4O3. The van der Waals surface area contributed by atoms with Crippen LogP contribution in [0.5, 0.6) is 5.75 Å². The molecule has 21 heavy (non-hydrogen) atoms. The Morgan fingerprint density at radius 3 is 2.52 bits per heavy atom. The molecule has 0 saturated carbocycles. The summed E-state index contributed by atoms with van der Waals surface area (Å²) in [5.74, 6) is 0.163. The first kappa shape index (κ1) is 14.4. The smallest absolute Gasteiger partial charge is 0.387 e. The van der Waals surface area contributed by atoms with Crippen molar-refractivity contribution < 1.29 is 18.4 Å². The van der Waals surface area contributed by atoms with Gasteiger partial charge in [0.25, 0.3) is 5.69 Å². The predicted octanol–water partition coefficient (Wildman–Crippen LogP) is 2.92. The van der Waals surface area contributed by atoms with E-state index in [1.165, 1.54) is 30.3 Å². The van der Waals surface area contributed by atoms with Crippen molar-refractivity contribution in [2.24, 2.45) is 0 Å². The van der Waals surface area contributed by atoms with Crippen molar-refractivity contribution in [2.75, 3.05) is 11.1 Å². The third-order valence-electron chi connectivity index (χ3n) is 2.39. The summed E-state index contributed by atoms with van der Waals surface area (Å²) >= 11 is 0. The van der Waals surface area contributed by atoms with E-state index in [0.717, 1.165) is 6.07 Å². The highest BCUT2D eigenvalue weighted by molar-refractivity contribution is 5.61. The molecule has 0 unspecified atom stereocenters. The van der Waals surface area contributed by atoms with Crippen molar-refractivity contribution in [3.63, 3.8) is 0 Å². The highest BCUT2D eigenvalue weighted by atomic mass is 19.3. The van der Waals surface area contributed by atoms with Crippen LogP contribution in [-0.4, -0.2) is 16.5 Å². The van der Waals surface area contributed by atoms with Gasteiger partial charge in [-0.2, -0.15) is 8.78 Å². The average molecular weight is 296 g/mol. The van der Waals surface area contributed by atoms with E-state index in [1.54, 1.807) is 0 Å². The molecule has 1 aromatic heterocycles. The summed E-state index contributed by atoms with van der Waals surface area (Å²) in [5, 5.41) is 13.5. The van der Waals surface area contributed by atoms with E-state index in [9.17, 15) is 18.9 Å². The molecule has 0 spiro atoms. The van der Waals surface area contributed by atoms with E-state index >= 15 is 0 Å². The molecule has 2 rings (SSSR count). The lowest BCUT2D eigenvalue weighted by atomic mass is 10.3. The van der Waals surface area contributed by atoms with Crippen LogP contribution >= 0.6 is 0 Å². The fourth-order valence-corrected chi connectivity index (χ4v) is 1.57. The van der Waals surface area contributed by atoms with Gasteiger partial charge >= 0.3 is 6.61 Å². The number of nitrogens with one attached hydrogen (secondary N) is 1. The van der Waals surface area contributed by atoms with Crippen LogP contribution in [0.2, 0.25) is 0 Å². The quantitative estimate of drug-likeness (QED) is 0.649. The van der Waals surface area contributed by atoms with Crippen LogP contribution in [0.25, 0.3) is 0 Å². The molecule has 0 amide bonds. The average Bonchev–Trinajstić information content (AvgIpc) is 2.39. The minimum Gasteiger partial charge on any atom is -0.435 e. The number of rotatable bonds is 5. The molecule has 1 aromatic carbocycles. The Morgan fingerprint density at radius 2 is 1.95 bits per heavy atom. The lowest BCUT2D eigenvalue weighted by molar-refractivity contribution is -0.384. The Labute approximate surface area is 117 Å². The summed E-state index contributed by atoms with van der Waals surface area (Å²) in [6.45, 7) is -2.90. The molecule has 0 aliphatic heterocycles. The lowest BCUT2D eigenvalue weighted by Crippen LogP contribution is -2.02. The summed E-state index contributed by atoms with van der Waals surface area (Å²) in [6, 6.07) is 7.93. The summed E-state index contributed by atoms with van der Waals surface area (Å²) in [6.07, 6.45) is 0. The van der Waals surface area contributed by atoms with Crippen molar-refractivity contribution >= 4 is 23.0 Å². The van der Waals surface area contributed by atoms with Crippen molar-refractivity contribution in [2.45, 2.75) is 6.61 Å². The minimum absolute atomic E-state index is 0.00191. The number of halogens is 2. The maximum Gasteiger partial charge on any atom is 0.387 e. The number of nitro groups is 1. The zero-order chi connectivity index (χ0) is 15.4. The zero-order valence-electron chi connectivity index (χ0n) is 10.5. The Kier molecular flexibility index (Phi) is 4.12. The van der Waals surface area contributed by atoms with Gasteiger partial charge in [0.15, 0.2) is 0 Å². The van der Waals surface area contributed by atoms with Gasteiger partial charge in [0, 0.05) is 5.69 Å². The molecule has 7 nitrogen and oxygen atoms in total. The van der Waals surface area contributed by atoms with Gasteiger partial charge in [0.1, 0.15) is 17.4 Å². The second kappa shape index (κ2) is 5.99. The van der Waals surface area contributed by atoms with Crippen molar-refractivity contribution in [1.29, 1.82) is 0 Å². The van der Waals surface area contributed by atoms with Crippen molar-refractivity contribution in [3.05, 3.63) is 46.5 Å². The molecule has 3 N–H and O–H groups in total. The molecule has 0 fully saturated rings. The number of hydrogen-bond acceptors (Lipinski definition) is 6. The molecule has 0 radical (unpaired) electrons. The second-order valence-electron chi connectivity index (χ2n) is 3.92. The number of hydrogen-bond donors (Lipinski definition) is 2. The molecule has 0 aliphatic carbocycles. The Balaban J connectivity index is 2.16. The molecule has 0 saturated heterocycles. The minimum atomic E-state index is -2.90. The molecule has 110 valence electrons. The maximum absolute atomic E-state index is 12.0. The molecule has 9 heteroatoms. The van der Waals surface area contributed by atoms with Gasteiger partial charge in [0.2, 0.25) is 0 Å². The predicted molar refractivity (Wildman–Crippen MR) is 71.7 cm³/mol. The third kappa shape index (κ3) is 4.00.